The third-order valence-electron chi connectivity index (χ3n) is 3.42. The van der Waals surface area contributed by atoms with Crippen LogP contribution in [-0.4, -0.2) is 20.2 Å². The van der Waals surface area contributed by atoms with Crippen LogP contribution in [0.4, 0.5) is 15.8 Å². The Kier molecular flexibility index (Phi) is 4.49. The normalized spacial score (nSPS) is 12.2. The van der Waals surface area contributed by atoms with Crippen molar-refractivity contribution in [1.82, 2.24) is 0 Å². The summed E-state index contributed by atoms with van der Waals surface area (Å²) in [7, 11) is 3.41. The summed E-state index contributed by atoms with van der Waals surface area (Å²) >= 11 is 1.71. The fourth-order valence-corrected chi connectivity index (χ4v) is 2.93. The fraction of sp³-hybridized carbons (Fsp3) is 0.333. The first-order chi connectivity index (χ1) is 9.52. The minimum atomic E-state index is -0.330. The van der Waals surface area contributed by atoms with Crippen LogP contribution >= 0.6 is 11.3 Å². The van der Waals surface area contributed by atoms with E-state index in [4.69, 9.17) is 10.5 Å². The summed E-state index contributed by atoms with van der Waals surface area (Å²) in [6.07, 6.45) is 0.875. The number of nitrogen functional groups attached to an aromatic ring is 1. The Bertz CT molecular complexity index is 572. The zero-order valence-corrected chi connectivity index (χ0v) is 12.7. The van der Waals surface area contributed by atoms with Gasteiger partial charge in [-0.1, -0.05) is 6.07 Å². The minimum absolute atomic E-state index is 0.177. The van der Waals surface area contributed by atoms with Gasteiger partial charge < -0.3 is 15.4 Å². The van der Waals surface area contributed by atoms with Gasteiger partial charge in [0.25, 0.3) is 0 Å². The molecule has 0 spiro atoms. The van der Waals surface area contributed by atoms with E-state index in [-0.39, 0.29) is 11.9 Å². The van der Waals surface area contributed by atoms with Crippen LogP contribution in [0, 0.1) is 5.82 Å². The Morgan fingerprint density at radius 3 is 2.80 bits per heavy atom. The lowest BCUT2D eigenvalue weighted by Gasteiger charge is -2.27. The number of halogens is 1. The molecule has 108 valence electrons. The van der Waals surface area contributed by atoms with Crippen molar-refractivity contribution in [2.45, 2.75) is 19.4 Å². The van der Waals surface area contributed by atoms with E-state index in [0.29, 0.717) is 17.1 Å². The largest absolute Gasteiger partial charge is 0.495 e. The van der Waals surface area contributed by atoms with Crippen molar-refractivity contribution in [1.29, 1.82) is 0 Å². The van der Waals surface area contributed by atoms with Gasteiger partial charge in [-0.3, -0.25) is 0 Å². The standard InChI is InChI=1S/C15H19FN2OS/c1-10(7-11-5-4-6-20-11)18(2)14-9-15(19-3)13(17)8-12(14)16/h4-6,8-10H,7,17H2,1-3H3. The Morgan fingerprint density at radius 2 is 2.20 bits per heavy atom. The van der Waals surface area contributed by atoms with Gasteiger partial charge in [-0.05, 0) is 18.4 Å². The number of thiophene rings is 1. The lowest BCUT2D eigenvalue weighted by molar-refractivity contribution is 0.416. The molecule has 0 saturated carbocycles. The van der Waals surface area contributed by atoms with Crippen LogP contribution in [-0.2, 0) is 6.42 Å². The second-order valence-electron chi connectivity index (χ2n) is 4.79. The molecule has 0 aliphatic carbocycles. The Hall–Kier alpha value is -1.75. The number of likely N-dealkylation sites (N-methyl/N-ethyl adjacent to an activating group) is 1. The average Bonchev–Trinajstić information content (AvgIpc) is 2.91. The van der Waals surface area contributed by atoms with Gasteiger partial charge in [0.1, 0.15) is 11.6 Å². The van der Waals surface area contributed by atoms with E-state index in [1.54, 1.807) is 17.4 Å². The summed E-state index contributed by atoms with van der Waals surface area (Å²) < 4.78 is 19.2. The first-order valence-electron chi connectivity index (χ1n) is 6.41. The number of nitrogens with two attached hydrogens (primary N) is 1. The number of hydrogen-bond donors (Lipinski definition) is 1. The third-order valence-corrected chi connectivity index (χ3v) is 4.32. The maximum Gasteiger partial charge on any atom is 0.148 e. The van der Waals surface area contributed by atoms with Gasteiger partial charge >= 0.3 is 0 Å². The van der Waals surface area contributed by atoms with Crippen molar-refractivity contribution in [2.75, 3.05) is 24.8 Å². The number of benzene rings is 1. The van der Waals surface area contributed by atoms with Crippen LogP contribution in [0.2, 0.25) is 0 Å². The summed E-state index contributed by atoms with van der Waals surface area (Å²) in [5, 5.41) is 2.05. The molecule has 0 aliphatic heterocycles. The van der Waals surface area contributed by atoms with E-state index in [1.807, 2.05) is 18.0 Å². The second-order valence-corrected chi connectivity index (χ2v) is 5.82. The monoisotopic (exact) mass is 294 g/mol. The molecule has 3 nitrogen and oxygen atoms in total. The van der Waals surface area contributed by atoms with Crippen LogP contribution < -0.4 is 15.4 Å². The molecule has 0 aliphatic rings. The maximum absolute atomic E-state index is 14.1. The van der Waals surface area contributed by atoms with Crippen LogP contribution in [0.5, 0.6) is 5.75 Å². The molecule has 0 bridgehead atoms. The highest BCUT2D eigenvalue weighted by Crippen LogP contribution is 2.31. The lowest BCUT2D eigenvalue weighted by atomic mass is 10.1. The topological polar surface area (TPSA) is 38.5 Å². The van der Waals surface area contributed by atoms with Crippen LogP contribution in [0.15, 0.2) is 29.6 Å². The first-order valence-corrected chi connectivity index (χ1v) is 7.29. The molecule has 0 saturated heterocycles. The van der Waals surface area contributed by atoms with Gasteiger partial charge in [-0.15, -0.1) is 11.3 Å². The van der Waals surface area contributed by atoms with Gasteiger partial charge in [0.15, 0.2) is 0 Å². The van der Waals surface area contributed by atoms with Gasteiger partial charge in [0.2, 0.25) is 0 Å². The summed E-state index contributed by atoms with van der Waals surface area (Å²) in [6.45, 7) is 2.07. The molecular weight excluding hydrogens is 275 g/mol. The summed E-state index contributed by atoms with van der Waals surface area (Å²) in [6, 6.07) is 7.25. The smallest absolute Gasteiger partial charge is 0.148 e. The molecule has 2 aromatic rings. The third kappa shape index (κ3) is 3.04. The molecule has 2 N–H and O–H groups in total. The summed E-state index contributed by atoms with van der Waals surface area (Å²) in [5.74, 6) is 0.167. The van der Waals surface area contributed by atoms with E-state index in [0.717, 1.165) is 6.42 Å². The fourth-order valence-electron chi connectivity index (χ4n) is 2.10. The highest BCUT2D eigenvalue weighted by Gasteiger charge is 2.17. The summed E-state index contributed by atoms with van der Waals surface area (Å²) in [4.78, 5) is 3.20. The van der Waals surface area contributed by atoms with E-state index in [2.05, 4.69) is 18.4 Å². The zero-order valence-electron chi connectivity index (χ0n) is 11.9. The van der Waals surface area contributed by atoms with Gasteiger partial charge in [0.05, 0.1) is 18.5 Å². The molecule has 1 unspecified atom stereocenters. The van der Waals surface area contributed by atoms with Crippen molar-refractivity contribution in [3.8, 4) is 5.75 Å². The van der Waals surface area contributed by atoms with Crippen LogP contribution in [0.1, 0.15) is 11.8 Å². The SMILES string of the molecule is COc1cc(N(C)C(C)Cc2cccs2)c(F)cc1N. The van der Waals surface area contributed by atoms with Gasteiger partial charge in [0, 0.05) is 36.5 Å². The van der Waals surface area contributed by atoms with Crippen LogP contribution in [0.25, 0.3) is 0 Å². The Morgan fingerprint density at radius 1 is 1.45 bits per heavy atom. The van der Waals surface area contributed by atoms with Crippen molar-refractivity contribution in [3.63, 3.8) is 0 Å². The van der Waals surface area contributed by atoms with Gasteiger partial charge in [-0.2, -0.15) is 0 Å². The molecule has 20 heavy (non-hydrogen) atoms. The number of anilines is 2. The molecule has 5 heteroatoms. The maximum atomic E-state index is 14.1. The molecular formula is C15H19FN2OS. The zero-order chi connectivity index (χ0) is 14.7. The number of methoxy groups -OCH3 is 1. The minimum Gasteiger partial charge on any atom is -0.495 e. The molecule has 0 fully saturated rings. The van der Waals surface area contributed by atoms with E-state index in [9.17, 15) is 4.39 Å². The Labute approximate surface area is 122 Å². The molecule has 1 aromatic carbocycles. The van der Waals surface area contributed by atoms with Crippen molar-refractivity contribution < 1.29 is 9.13 Å². The molecule has 0 amide bonds. The van der Waals surface area contributed by atoms with Crippen LogP contribution in [0.3, 0.4) is 0 Å². The number of rotatable bonds is 5. The first kappa shape index (κ1) is 14.7. The molecule has 2 rings (SSSR count). The highest BCUT2D eigenvalue weighted by molar-refractivity contribution is 7.09. The van der Waals surface area contributed by atoms with Gasteiger partial charge in [-0.25, -0.2) is 4.39 Å². The van der Waals surface area contributed by atoms with E-state index < -0.39 is 0 Å². The quantitative estimate of drug-likeness (QED) is 0.857. The number of nitrogens with zero attached hydrogens (tertiary/aromatic N) is 1. The van der Waals surface area contributed by atoms with E-state index >= 15 is 0 Å². The average molecular weight is 294 g/mol. The number of hydrogen-bond acceptors (Lipinski definition) is 4. The highest BCUT2D eigenvalue weighted by atomic mass is 32.1. The van der Waals surface area contributed by atoms with Crippen molar-refractivity contribution in [2.24, 2.45) is 0 Å². The predicted octanol–water partition coefficient (Wildman–Crippen LogP) is 3.55. The lowest BCUT2D eigenvalue weighted by Crippen LogP contribution is -2.31. The molecule has 1 heterocycles. The molecule has 1 atom stereocenters. The number of ether oxygens (including phenoxy) is 1. The van der Waals surface area contributed by atoms with Crippen molar-refractivity contribution in [3.05, 3.63) is 40.3 Å². The molecule has 0 radical (unpaired) electrons. The summed E-state index contributed by atoms with van der Waals surface area (Å²) in [5.41, 5.74) is 6.52. The second kappa shape index (κ2) is 6.13. The predicted molar refractivity (Wildman–Crippen MR) is 83.3 cm³/mol. The van der Waals surface area contributed by atoms with Crippen molar-refractivity contribution >= 4 is 22.7 Å². The van der Waals surface area contributed by atoms with E-state index in [1.165, 1.54) is 18.1 Å². The molecule has 1 aromatic heterocycles. The Balaban J connectivity index is 2.21.